The first-order valence-corrected chi connectivity index (χ1v) is 13.1. The molecule has 3 heterocycles. The van der Waals surface area contributed by atoms with Crippen LogP contribution >= 0.6 is 11.3 Å². The number of carbonyl (C=O) groups excluding carboxylic acids is 2. The fourth-order valence-corrected chi connectivity index (χ4v) is 6.79. The Balaban J connectivity index is 1.47. The number of esters is 1. The summed E-state index contributed by atoms with van der Waals surface area (Å²) >= 11 is 1.15. The number of aromatic nitrogens is 1. The van der Waals surface area contributed by atoms with E-state index in [1.165, 1.54) is 0 Å². The van der Waals surface area contributed by atoms with Gasteiger partial charge in [-0.25, -0.2) is 13.2 Å². The zero-order valence-electron chi connectivity index (χ0n) is 17.6. The van der Waals surface area contributed by atoms with Crippen LogP contribution in [0.15, 0.2) is 42.5 Å². The number of thiophene rings is 1. The number of H-pyrrole nitrogens is 1. The van der Waals surface area contributed by atoms with E-state index in [1.807, 2.05) is 42.5 Å². The molecule has 2 aromatic heterocycles. The van der Waals surface area contributed by atoms with Gasteiger partial charge in [0.15, 0.2) is 9.84 Å². The molecular formula is C23H24N2O5S2. The first-order valence-electron chi connectivity index (χ1n) is 10.4. The third kappa shape index (κ3) is 4.94. The number of fused-ring (bicyclic) bond motifs is 1. The number of hydrogen-bond donors (Lipinski definition) is 2. The Hall–Kier alpha value is -2.91. The van der Waals surface area contributed by atoms with Gasteiger partial charge in [-0.2, -0.15) is 0 Å². The molecule has 0 saturated carbocycles. The highest BCUT2D eigenvalue weighted by Gasteiger charge is 2.32. The fourth-order valence-electron chi connectivity index (χ4n) is 3.74. The third-order valence-electron chi connectivity index (χ3n) is 5.29. The van der Waals surface area contributed by atoms with Crippen LogP contribution in [-0.2, 0) is 38.0 Å². The standard InChI is InChI=1S/C23H24N2O5S2/c1-2-30-23(27)21-17-12-13-32(28,29)14-19(17)31-22(21)25-20(26)11-9-16-8-10-18(24-16)15-6-4-3-5-7-15/h3-8,10,24H,2,9,11-14H2,1H3,(H,25,26). The predicted molar refractivity (Wildman–Crippen MR) is 125 cm³/mol. The number of rotatable bonds is 7. The lowest BCUT2D eigenvalue weighted by Crippen LogP contribution is -2.20. The highest BCUT2D eigenvalue weighted by Crippen LogP contribution is 2.38. The Morgan fingerprint density at radius 2 is 1.94 bits per heavy atom. The van der Waals surface area contributed by atoms with Gasteiger partial charge in [0.05, 0.1) is 23.7 Å². The van der Waals surface area contributed by atoms with Gasteiger partial charge >= 0.3 is 5.97 Å². The molecule has 1 amide bonds. The van der Waals surface area contributed by atoms with Gasteiger partial charge < -0.3 is 15.0 Å². The van der Waals surface area contributed by atoms with Crippen molar-refractivity contribution < 1.29 is 22.7 Å². The SMILES string of the molecule is CCOC(=O)c1c(NC(=O)CCc2ccc(-c3ccccc3)[nH]2)sc2c1CCS(=O)(=O)C2. The Bertz CT molecular complexity index is 1240. The van der Waals surface area contributed by atoms with Gasteiger partial charge in [0.2, 0.25) is 5.91 Å². The number of sulfone groups is 1. The van der Waals surface area contributed by atoms with Gasteiger partial charge in [-0.1, -0.05) is 30.3 Å². The molecule has 0 saturated heterocycles. The van der Waals surface area contributed by atoms with Crippen molar-refractivity contribution in [2.75, 3.05) is 17.7 Å². The molecule has 0 unspecified atom stereocenters. The number of hydrogen-bond acceptors (Lipinski definition) is 6. The summed E-state index contributed by atoms with van der Waals surface area (Å²) in [4.78, 5) is 29.1. The number of amides is 1. The average molecular weight is 473 g/mol. The Morgan fingerprint density at radius 1 is 1.16 bits per heavy atom. The van der Waals surface area contributed by atoms with E-state index in [-0.39, 0.29) is 36.9 Å². The summed E-state index contributed by atoms with van der Waals surface area (Å²) in [5.41, 5.74) is 3.96. The van der Waals surface area contributed by atoms with Crippen LogP contribution < -0.4 is 5.32 Å². The topological polar surface area (TPSA) is 105 Å². The van der Waals surface area contributed by atoms with E-state index in [9.17, 15) is 18.0 Å². The van der Waals surface area contributed by atoms with Crippen molar-refractivity contribution in [3.63, 3.8) is 0 Å². The minimum Gasteiger partial charge on any atom is -0.462 e. The first kappa shape index (κ1) is 22.3. The largest absolute Gasteiger partial charge is 0.462 e. The fraction of sp³-hybridized carbons (Fsp3) is 0.304. The normalized spacial score (nSPS) is 14.5. The summed E-state index contributed by atoms with van der Waals surface area (Å²) < 4.78 is 29.2. The van der Waals surface area contributed by atoms with Gasteiger partial charge in [-0.15, -0.1) is 11.3 Å². The Kier molecular flexibility index (Phi) is 6.48. The van der Waals surface area contributed by atoms with Gasteiger partial charge in [-0.3, -0.25) is 4.79 Å². The molecule has 0 atom stereocenters. The summed E-state index contributed by atoms with van der Waals surface area (Å²) in [6.45, 7) is 1.91. The number of aromatic amines is 1. The Morgan fingerprint density at radius 3 is 2.69 bits per heavy atom. The quantitative estimate of drug-likeness (QED) is 0.507. The summed E-state index contributed by atoms with van der Waals surface area (Å²) in [5, 5.41) is 3.18. The molecule has 0 spiro atoms. The van der Waals surface area contributed by atoms with Crippen LogP contribution in [-0.4, -0.2) is 37.6 Å². The molecule has 1 aliphatic heterocycles. The van der Waals surface area contributed by atoms with Crippen molar-refractivity contribution in [1.29, 1.82) is 0 Å². The van der Waals surface area contributed by atoms with Crippen molar-refractivity contribution in [2.45, 2.75) is 31.9 Å². The molecular weight excluding hydrogens is 448 g/mol. The van der Waals surface area contributed by atoms with Crippen LogP contribution in [0.5, 0.6) is 0 Å². The third-order valence-corrected chi connectivity index (χ3v) is 8.17. The summed E-state index contributed by atoms with van der Waals surface area (Å²) in [7, 11) is -3.19. The number of benzene rings is 1. The molecule has 168 valence electrons. The van der Waals surface area contributed by atoms with Crippen molar-refractivity contribution in [3.8, 4) is 11.3 Å². The van der Waals surface area contributed by atoms with Crippen LogP contribution in [0, 0.1) is 0 Å². The van der Waals surface area contributed by atoms with E-state index in [2.05, 4.69) is 10.3 Å². The molecule has 2 N–H and O–H groups in total. The lowest BCUT2D eigenvalue weighted by Gasteiger charge is -2.13. The zero-order chi connectivity index (χ0) is 22.7. The average Bonchev–Trinajstić information content (AvgIpc) is 3.36. The maximum absolute atomic E-state index is 12.6. The van der Waals surface area contributed by atoms with Crippen LogP contribution in [0.4, 0.5) is 5.00 Å². The molecule has 7 nitrogen and oxygen atoms in total. The molecule has 1 aliphatic rings. The van der Waals surface area contributed by atoms with E-state index >= 15 is 0 Å². The second-order valence-electron chi connectivity index (χ2n) is 7.58. The molecule has 0 radical (unpaired) electrons. The number of nitrogens with one attached hydrogen (secondary N) is 2. The number of aryl methyl sites for hydroxylation is 1. The highest BCUT2D eigenvalue weighted by molar-refractivity contribution is 7.90. The van der Waals surface area contributed by atoms with Gasteiger partial charge in [0.1, 0.15) is 5.00 Å². The second kappa shape index (κ2) is 9.30. The zero-order valence-corrected chi connectivity index (χ0v) is 19.3. The lowest BCUT2D eigenvalue weighted by atomic mass is 10.1. The van der Waals surface area contributed by atoms with E-state index in [0.717, 1.165) is 28.3 Å². The molecule has 0 bridgehead atoms. The molecule has 0 aliphatic carbocycles. The lowest BCUT2D eigenvalue weighted by molar-refractivity contribution is -0.116. The smallest absolute Gasteiger partial charge is 0.341 e. The van der Waals surface area contributed by atoms with Crippen molar-refractivity contribution in [1.82, 2.24) is 4.98 Å². The van der Waals surface area contributed by atoms with E-state index in [1.54, 1.807) is 6.92 Å². The second-order valence-corrected chi connectivity index (χ2v) is 10.9. The van der Waals surface area contributed by atoms with Gasteiger partial charge in [-0.05, 0) is 43.0 Å². The minimum atomic E-state index is -3.19. The molecule has 3 aromatic rings. The molecule has 9 heteroatoms. The molecule has 0 fully saturated rings. The Labute approximate surface area is 190 Å². The van der Waals surface area contributed by atoms with E-state index in [0.29, 0.717) is 27.4 Å². The molecule has 1 aromatic carbocycles. The van der Waals surface area contributed by atoms with Crippen molar-refractivity contribution in [2.24, 2.45) is 0 Å². The van der Waals surface area contributed by atoms with Gasteiger partial charge in [0.25, 0.3) is 0 Å². The predicted octanol–water partition coefficient (Wildman–Crippen LogP) is 3.96. The van der Waals surface area contributed by atoms with Crippen LogP contribution in [0.3, 0.4) is 0 Å². The summed E-state index contributed by atoms with van der Waals surface area (Å²) in [6.07, 6.45) is 0.980. The first-order chi connectivity index (χ1) is 15.4. The molecule has 4 rings (SSSR count). The summed E-state index contributed by atoms with van der Waals surface area (Å²) in [5.74, 6) is -0.892. The number of ether oxygens (including phenoxy) is 1. The van der Waals surface area contributed by atoms with Crippen LogP contribution in [0.2, 0.25) is 0 Å². The minimum absolute atomic E-state index is 0.00685. The van der Waals surface area contributed by atoms with Crippen molar-refractivity contribution >= 4 is 38.1 Å². The van der Waals surface area contributed by atoms with Crippen LogP contribution in [0.25, 0.3) is 11.3 Å². The maximum atomic E-state index is 12.6. The van der Waals surface area contributed by atoms with Crippen LogP contribution in [0.1, 0.15) is 39.8 Å². The van der Waals surface area contributed by atoms with E-state index < -0.39 is 15.8 Å². The number of carbonyl (C=O) groups is 2. The van der Waals surface area contributed by atoms with E-state index in [4.69, 9.17) is 4.74 Å². The summed E-state index contributed by atoms with van der Waals surface area (Å²) in [6, 6.07) is 13.9. The van der Waals surface area contributed by atoms with Crippen molar-refractivity contribution in [3.05, 3.63) is 64.2 Å². The maximum Gasteiger partial charge on any atom is 0.341 e. The number of anilines is 1. The highest BCUT2D eigenvalue weighted by atomic mass is 32.2. The molecule has 32 heavy (non-hydrogen) atoms. The monoisotopic (exact) mass is 472 g/mol. The van der Waals surface area contributed by atoms with Gasteiger partial charge in [0, 0.05) is 22.7 Å².